The van der Waals surface area contributed by atoms with Crippen LogP contribution in [-0.2, 0) is 17.9 Å². The summed E-state index contributed by atoms with van der Waals surface area (Å²) in [6.45, 7) is 6.98. The lowest BCUT2D eigenvalue weighted by molar-refractivity contribution is -0.121. The van der Waals surface area contributed by atoms with Gasteiger partial charge in [0.25, 0.3) is 0 Å². The molecule has 3 rings (SSSR count). The molecule has 5 nitrogen and oxygen atoms in total. The van der Waals surface area contributed by atoms with Crippen LogP contribution in [-0.4, -0.2) is 29.7 Å². The number of furan rings is 1. The Morgan fingerprint density at radius 2 is 2.22 bits per heavy atom. The zero-order valence-electron chi connectivity index (χ0n) is 16.1. The van der Waals surface area contributed by atoms with E-state index in [-0.39, 0.29) is 11.7 Å². The lowest BCUT2D eigenvalue weighted by Gasteiger charge is -2.32. The number of likely N-dealkylation sites (tertiary alicyclic amines) is 1. The molecule has 1 amide bonds. The quantitative estimate of drug-likeness (QED) is 0.690. The summed E-state index contributed by atoms with van der Waals surface area (Å²) in [5.74, 6) is 2.44. The van der Waals surface area contributed by atoms with Gasteiger partial charge in [0.15, 0.2) is 5.78 Å². The summed E-state index contributed by atoms with van der Waals surface area (Å²) in [7, 11) is 0. The molecule has 1 fully saturated rings. The number of Topliss-reactive ketones (excluding diaryl/α,β-unsaturated/α-hetero) is 1. The van der Waals surface area contributed by atoms with Crippen molar-refractivity contribution >= 4 is 23.0 Å². The molecule has 6 heteroatoms. The number of nitrogens with one attached hydrogen (secondary N) is 1. The van der Waals surface area contributed by atoms with Crippen molar-refractivity contribution in [3.05, 3.63) is 45.5 Å². The number of nitrogens with zero attached hydrogens (tertiary/aromatic N) is 1. The molecule has 0 aromatic carbocycles. The van der Waals surface area contributed by atoms with Gasteiger partial charge in [-0.1, -0.05) is 0 Å². The molecule has 0 bridgehead atoms. The summed E-state index contributed by atoms with van der Waals surface area (Å²) < 4.78 is 5.47. The number of carbonyl (C=O) groups excluding carboxylic acids is 2. The summed E-state index contributed by atoms with van der Waals surface area (Å²) in [5.41, 5.74) is 1.22. The van der Waals surface area contributed by atoms with E-state index in [1.165, 1.54) is 29.7 Å². The number of ketones is 1. The fourth-order valence-corrected chi connectivity index (χ4v) is 4.43. The number of carbonyl (C=O) groups is 2. The smallest absolute Gasteiger partial charge is 0.220 e. The predicted octanol–water partition coefficient (Wildman–Crippen LogP) is 4.16. The van der Waals surface area contributed by atoms with Crippen LogP contribution in [0, 0.1) is 12.8 Å². The molecule has 146 valence electrons. The Bertz CT molecular complexity index is 780. The van der Waals surface area contributed by atoms with Crippen LogP contribution in [0.4, 0.5) is 0 Å². The van der Waals surface area contributed by atoms with Crippen LogP contribution in [0.1, 0.15) is 59.4 Å². The zero-order chi connectivity index (χ0) is 19.2. The molecule has 3 heterocycles. The highest BCUT2D eigenvalue weighted by Gasteiger charge is 2.21. The fourth-order valence-electron chi connectivity index (χ4n) is 3.62. The minimum Gasteiger partial charge on any atom is -0.465 e. The number of thiophene rings is 1. The minimum absolute atomic E-state index is 0.0881. The molecular formula is C21H28N2O3S. The Hall–Kier alpha value is -1.92. The summed E-state index contributed by atoms with van der Waals surface area (Å²) in [4.78, 5) is 26.8. The van der Waals surface area contributed by atoms with Crippen LogP contribution in [0.25, 0.3) is 0 Å². The van der Waals surface area contributed by atoms with Gasteiger partial charge in [-0.3, -0.25) is 14.5 Å². The summed E-state index contributed by atoms with van der Waals surface area (Å²) in [5, 5.41) is 5.03. The first-order chi connectivity index (χ1) is 13.0. The average molecular weight is 389 g/mol. The molecule has 0 unspecified atom stereocenters. The molecule has 1 aliphatic heterocycles. The van der Waals surface area contributed by atoms with E-state index in [2.05, 4.69) is 15.6 Å². The van der Waals surface area contributed by atoms with Crippen molar-refractivity contribution in [1.82, 2.24) is 10.2 Å². The topological polar surface area (TPSA) is 62.6 Å². The number of piperidine rings is 1. The lowest BCUT2D eigenvalue weighted by atomic mass is 9.93. The van der Waals surface area contributed by atoms with E-state index < -0.39 is 0 Å². The van der Waals surface area contributed by atoms with Crippen molar-refractivity contribution in [2.24, 2.45) is 5.92 Å². The van der Waals surface area contributed by atoms with E-state index in [0.717, 1.165) is 42.5 Å². The largest absolute Gasteiger partial charge is 0.465 e. The van der Waals surface area contributed by atoms with Crippen molar-refractivity contribution in [3.8, 4) is 0 Å². The molecule has 0 aliphatic carbocycles. The van der Waals surface area contributed by atoms with E-state index >= 15 is 0 Å². The molecule has 27 heavy (non-hydrogen) atoms. The van der Waals surface area contributed by atoms with Gasteiger partial charge in [0.2, 0.25) is 5.91 Å². The van der Waals surface area contributed by atoms with E-state index in [1.54, 1.807) is 6.92 Å². The van der Waals surface area contributed by atoms with Crippen LogP contribution in [0.3, 0.4) is 0 Å². The number of amides is 1. The third kappa shape index (κ3) is 6.04. The van der Waals surface area contributed by atoms with E-state index in [1.807, 2.05) is 25.1 Å². The first-order valence-corrected chi connectivity index (χ1v) is 10.5. The van der Waals surface area contributed by atoms with E-state index in [4.69, 9.17) is 4.42 Å². The fraction of sp³-hybridized carbons (Fsp3) is 0.524. The molecule has 1 N–H and O–H groups in total. The first-order valence-electron chi connectivity index (χ1n) is 9.62. The monoisotopic (exact) mass is 388 g/mol. The SMILES string of the molecule is CC(=O)c1cc(CN2CCC[C@@H](CCC(=O)NCc3ccc(C)o3)C2)cs1. The molecule has 2 aromatic heterocycles. The van der Waals surface area contributed by atoms with Crippen LogP contribution in [0.2, 0.25) is 0 Å². The number of hydrogen-bond donors (Lipinski definition) is 1. The second-order valence-corrected chi connectivity index (χ2v) is 8.36. The van der Waals surface area contributed by atoms with Gasteiger partial charge >= 0.3 is 0 Å². The van der Waals surface area contributed by atoms with Crippen LogP contribution >= 0.6 is 11.3 Å². The highest BCUT2D eigenvalue weighted by atomic mass is 32.1. The van der Waals surface area contributed by atoms with E-state index in [9.17, 15) is 9.59 Å². The van der Waals surface area contributed by atoms with Gasteiger partial charge in [-0.25, -0.2) is 0 Å². The number of rotatable bonds is 8. The highest BCUT2D eigenvalue weighted by Crippen LogP contribution is 2.24. The molecule has 0 saturated carbocycles. The average Bonchev–Trinajstić information content (AvgIpc) is 3.27. The molecular weight excluding hydrogens is 360 g/mol. The van der Waals surface area contributed by atoms with Crippen molar-refractivity contribution < 1.29 is 14.0 Å². The maximum Gasteiger partial charge on any atom is 0.220 e. The third-order valence-electron chi connectivity index (χ3n) is 5.05. The highest BCUT2D eigenvalue weighted by molar-refractivity contribution is 7.12. The van der Waals surface area contributed by atoms with Gasteiger partial charge in [0.1, 0.15) is 11.5 Å². The summed E-state index contributed by atoms with van der Waals surface area (Å²) in [6.07, 6.45) is 3.83. The van der Waals surface area contributed by atoms with Gasteiger partial charge in [-0.15, -0.1) is 11.3 Å². The Kier molecular flexibility index (Phi) is 6.85. The maximum absolute atomic E-state index is 12.1. The van der Waals surface area contributed by atoms with Crippen LogP contribution < -0.4 is 5.32 Å². The second kappa shape index (κ2) is 9.33. The molecule has 0 radical (unpaired) electrons. The van der Waals surface area contributed by atoms with Gasteiger partial charge < -0.3 is 9.73 Å². The first kappa shape index (κ1) is 19.8. The molecule has 0 spiro atoms. The Morgan fingerprint density at radius 3 is 2.93 bits per heavy atom. The van der Waals surface area contributed by atoms with Crippen molar-refractivity contribution in [3.63, 3.8) is 0 Å². The summed E-state index contributed by atoms with van der Waals surface area (Å²) in [6, 6.07) is 5.82. The molecule has 1 atom stereocenters. The van der Waals surface area contributed by atoms with Crippen molar-refractivity contribution in [2.45, 2.75) is 52.6 Å². The number of hydrogen-bond acceptors (Lipinski definition) is 5. The Balaban J connectivity index is 1.39. The maximum atomic E-state index is 12.1. The van der Waals surface area contributed by atoms with Gasteiger partial charge in [0, 0.05) is 19.5 Å². The van der Waals surface area contributed by atoms with Crippen LogP contribution in [0.15, 0.2) is 28.0 Å². The minimum atomic E-state index is 0.0881. The molecule has 1 aliphatic rings. The predicted molar refractivity (Wildman–Crippen MR) is 107 cm³/mol. The van der Waals surface area contributed by atoms with Crippen molar-refractivity contribution in [2.75, 3.05) is 13.1 Å². The zero-order valence-corrected chi connectivity index (χ0v) is 16.9. The van der Waals surface area contributed by atoms with Gasteiger partial charge in [-0.05, 0) is 74.7 Å². The van der Waals surface area contributed by atoms with E-state index in [0.29, 0.717) is 18.9 Å². The third-order valence-corrected chi connectivity index (χ3v) is 6.13. The Labute approximate surface area is 164 Å². The van der Waals surface area contributed by atoms with Crippen LogP contribution in [0.5, 0.6) is 0 Å². The summed E-state index contributed by atoms with van der Waals surface area (Å²) >= 11 is 1.53. The normalized spacial score (nSPS) is 17.8. The molecule has 1 saturated heterocycles. The Morgan fingerprint density at radius 1 is 1.37 bits per heavy atom. The van der Waals surface area contributed by atoms with Gasteiger partial charge in [0.05, 0.1) is 11.4 Å². The lowest BCUT2D eigenvalue weighted by Crippen LogP contribution is -2.35. The second-order valence-electron chi connectivity index (χ2n) is 7.45. The van der Waals surface area contributed by atoms with Crippen molar-refractivity contribution in [1.29, 1.82) is 0 Å². The van der Waals surface area contributed by atoms with Gasteiger partial charge in [-0.2, -0.15) is 0 Å². The number of aryl methyl sites for hydroxylation is 1. The standard InChI is InChI=1S/C21H28N2O3S/c1-15-5-7-19(26-15)11-22-21(25)8-6-17-4-3-9-23(12-17)13-18-10-20(16(2)24)27-14-18/h5,7,10,14,17H,3-4,6,8-9,11-13H2,1-2H3,(H,22,25)/t17-/m0/s1. The molecule has 2 aromatic rings.